The molecule has 0 aromatic heterocycles. The van der Waals surface area contributed by atoms with Gasteiger partial charge in [-0.05, 0) is 46.1 Å². The van der Waals surface area contributed by atoms with Crippen molar-refractivity contribution in [2.24, 2.45) is 0 Å². The Morgan fingerprint density at radius 1 is 1.17 bits per heavy atom. The lowest BCUT2D eigenvalue weighted by molar-refractivity contribution is -0.116. The summed E-state index contributed by atoms with van der Waals surface area (Å²) in [5.74, 6) is 0.250. The highest BCUT2D eigenvalue weighted by molar-refractivity contribution is 5.97. The van der Waals surface area contributed by atoms with E-state index < -0.39 is 0 Å². The minimum atomic E-state index is -0.212. The molecule has 4 atom stereocenters. The van der Waals surface area contributed by atoms with Gasteiger partial charge in [-0.2, -0.15) is 0 Å². The van der Waals surface area contributed by atoms with Crippen molar-refractivity contribution in [2.75, 3.05) is 0 Å². The highest BCUT2D eigenvalue weighted by Gasteiger charge is 2.58. The molecular weight excluding hydrogens is 228 g/mol. The molecule has 0 bridgehead atoms. The molecule has 0 N–H and O–H groups in total. The SMILES string of the molecule is CC(C)=C1CC2O[C@]2(C)CCC2O[C@@]2(C)CC1=O. The van der Waals surface area contributed by atoms with Gasteiger partial charge in [0.25, 0.3) is 0 Å². The minimum absolute atomic E-state index is 0.0226. The molecule has 0 radical (unpaired) electrons. The summed E-state index contributed by atoms with van der Waals surface area (Å²) in [5.41, 5.74) is 1.85. The number of allylic oxidation sites excluding steroid dienone is 1. The molecule has 2 saturated heterocycles. The van der Waals surface area contributed by atoms with E-state index in [2.05, 4.69) is 13.8 Å². The van der Waals surface area contributed by atoms with E-state index in [4.69, 9.17) is 9.47 Å². The molecule has 1 aliphatic carbocycles. The van der Waals surface area contributed by atoms with E-state index in [0.29, 0.717) is 6.42 Å². The van der Waals surface area contributed by atoms with Crippen LogP contribution in [0.15, 0.2) is 11.1 Å². The van der Waals surface area contributed by atoms with Crippen molar-refractivity contribution in [2.45, 2.75) is 76.8 Å². The molecule has 3 heteroatoms. The summed E-state index contributed by atoms with van der Waals surface area (Å²) in [5, 5.41) is 0. The van der Waals surface area contributed by atoms with Crippen LogP contribution in [0.4, 0.5) is 0 Å². The van der Waals surface area contributed by atoms with Crippen LogP contribution >= 0.6 is 0 Å². The van der Waals surface area contributed by atoms with Gasteiger partial charge in [0.2, 0.25) is 0 Å². The lowest BCUT2D eigenvalue weighted by Gasteiger charge is -2.14. The van der Waals surface area contributed by atoms with E-state index in [1.807, 2.05) is 13.8 Å². The monoisotopic (exact) mass is 250 g/mol. The van der Waals surface area contributed by atoms with Gasteiger partial charge in [0, 0.05) is 12.8 Å². The first-order chi connectivity index (χ1) is 8.34. The third-order valence-corrected chi connectivity index (χ3v) is 4.81. The van der Waals surface area contributed by atoms with Crippen LogP contribution in [-0.2, 0) is 14.3 Å². The zero-order chi connectivity index (χ0) is 13.1. The van der Waals surface area contributed by atoms with Crippen LogP contribution in [0.2, 0.25) is 0 Å². The zero-order valence-electron chi connectivity index (χ0n) is 11.7. The number of fused-ring (bicyclic) bond motifs is 2. The first kappa shape index (κ1) is 12.4. The molecular formula is C15H22O3. The van der Waals surface area contributed by atoms with Crippen LogP contribution in [0.3, 0.4) is 0 Å². The zero-order valence-corrected chi connectivity index (χ0v) is 11.7. The van der Waals surface area contributed by atoms with Gasteiger partial charge in [-0.1, -0.05) is 5.57 Å². The fourth-order valence-corrected chi connectivity index (χ4v) is 3.20. The summed E-state index contributed by atoms with van der Waals surface area (Å²) in [6, 6.07) is 0. The third-order valence-electron chi connectivity index (χ3n) is 4.81. The maximum absolute atomic E-state index is 12.4. The van der Waals surface area contributed by atoms with Gasteiger partial charge in [-0.3, -0.25) is 4.79 Å². The summed E-state index contributed by atoms with van der Waals surface area (Å²) in [4.78, 5) is 12.4. The maximum Gasteiger partial charge on any atom is 0.161 e. The lowest BCUT2D eigenvalue weighted by atomic mass is 9.85. The lowest BCUT2D eigenvalue weighted by Crippen LogP contribution is -2.23. The Bertz CT molecular complexity index is 435. The van der Waals surface area contributed by atoms with Crippen molar-refractivity contribution in [3.05, 3.63) is 11.1 Å². The van der Waals surface area contributed by atoms with Crippen molar-refractivity contribution in [3.63, 3.8) is 0 Å². The molecule has 2 aliphatic heterocycles. The molecule has 3 nitrogen and oxygen atoms in total. The Morgan fingerprint density at radius 2 is 1.83 bits per heavy atom. The van der Waals surface area contributed by atoms with Gasteiger partial charge in [-0.25, -0.2) is 0 Å². The summed E-state index contributed by atoms with van der Waals surface area (Å²) in [7, 11) is 0. The molecule has 3 fully saturated rings. The van der Waals surface area contributed by atoms with Crippen LogP contribution in [0.1, 0.15) is 53.4 Å². The summed E-state index contributed by atoms with van der Waals surface area (Å²) < 4.78 is 11.6. The molecule has 18 heavy (non-hydrogen) atoms. The second-order valence-corrected chi connectivity index (χ2v) is 6.66. The van der Waals surface area contributed by atoms with Gasteiger partial charge in [0.1, 0.15) is 0 Å². The minimum Gasteiger partial charge on any atom is -0.366 e. The number of carbonyl (C=O) groups excluding carboxylic acids is 1. The summed E-state index contributed by atoms with van der Waals surface area (Å²) in [6.07, 6.45) is 3.84. The number of hydrogen-bond donors (Lipinski definition) is 0. The fourth-order valence-electron chi connectivity index (χ4n) is 3.20. The maximum atomic E-state index is 12.4. The largest absolute Gasteiger partial charge is 0.366 e. The van der Waals surface area contributed by atoms with E-state index in [9.17, 15) is 4.79 Å². The standard InChI is InChI=1S/C15H22O3/c1-9(2)10-7-13-14(3,18-13)6-5-12-15(4,17-12)8-11(10)16/h12-13H,5-8H2,1-4H3/t12?,13?,14-,15+/m1/s1. The molecule has 3 aliphatic rings. The number of rotatable bonds is 0. The molecule has 100 valence electrons. The van der Waals surface area contributed by atoms with Gasteiger partial charge >= 0.3 is 0 Å². The van der Waals surface area contributed by atoms with Crippen molar-refractivity contribution < 1.29 is 14.3 Å². The van der Waals surface area contributed by atoms with Crippen molar-refractivity contribution >= 4 is 5.78 Å². The van der Waals surface area contributed by atoms with Crippen LogP contribution in [0.25, 0.3) is 0 Å². The van der Waals surface area contributed by atoms with Crippen LogP contribution < -0.4 is 0 Å². The molecule has 1 saturated carbocycles. The van der Waals surface area contributed by atoms with Crippen molar-refractivity contribution in [1.82, 2.24) is 0 Å². The second kappa shape index (κ2) is 3.67. The Hall–Kier alpha value is -0.670. The fraction of sp³-hybridized carbons (Fsp3) is 0.800. The number of carbonyl (C=O) groups is 1. The Kier molecular flexibility index (Phi) is 2.52. The molecule has 0 amide bonds. The van der Waals surface area contributed by atoms with Crippen molar-refractivity contribution in [3.8, 4) is 0 Å². The molecule has 2 heterocycles. The topological polar surface area (TPSA) is 42.1 Å². The smallest absolute Gasteiger partial charge is 0.161 e. The highest BCUT2D eigenvalue weighted by atomic mass is 16.6. The number of Topliss-reactive ketones (excluding diaryl/α,β-unsaturated/α-hetero) is 1. The van der Waals surface area contributed by atoms with Crippen LogP contribution in [0, 0.1) is 0 Å². The normalized spacial score (nSPS) is 47.1. The summed E-state index contributed by atoms with van der Waals surface area (Å²) in [6.45, 7) is 8.26. The Labute approximate surface area is 109 Å². The predicted octanol–water partition coefficient (Wildman–Crippen LogP) is 2.78. The van der Waals surface area contributed by atoms with E-state index in [0.717, 1.165) is 30.4 Å². The first-order valence-electron chi connectivity index (χ1n) is 6.89. The number of ketones is 1. The Balaban J connectivity index is 1.86. The molecule has 0 aromatic rings. The Morgan fingerprint density at radius 3 is 2.50 bits per heavy atom. The van der Waals surface area contributed by atoms with Gasteiger partial charge in [-0.15, -0.1) is 0 Å². The van der Waals surface area contributed by atoms with E-state index in [-0.39, 0.29) is 29.2 Å². The number of ether oxygens (including phenoxy) is 2. The van der Waals surface area contributed by atoms with E-state index in [1.165, 1.54) is 0 Å². The molecule has 3 rings (SSSR count). The van der Waals surface area contributed by atoms with Crippen LogP contribution in [-0.4, -0.2) is 29.2 Å². The predicted molar refractivity (Wildman–Crippen MR) is 68.4 cm³/mol. The third kappa shape index (κ3) is 1.94. The number of epoxide rings is 2. The van der Waals surface area contributed by atoms with Gasteiger partial charge in [0.05, 0.1) is 23.4 Å². The van der Waals surface area contributed by atoms with E-state index >= 15 is 0 Å². The van der Waals surface area contributed by atoms with Gasteiger partial charge in [0.15, 0.2) is 5.78 Å². The first-order valence-corrected chi connectivity index (χ1v) is 6.89. The van der Waals surface area contributed by atoms with Gasteiger partial charge < -0.3 is 9.47 Å². The average molecular weight is 250 g/mol. The quantitative estimate of drug-likeness (QED) is 0.490. The molecule has 2 unspecified atom stereocenters. The molecule has 0 aromatic carbocycles. The van der Waals surface area contributed by atoms with Crippen LogP contribution in [0.5, 0.6) is 0 Å². The van der Waals surface area contributed by atoms with Crippen molar-refractivity contribution in [1.29, 1.82) is 0 Å². The highest BCUT2D eigenvalue weighted by Crippen LogP contribution is 2.50. The average Bonchev–Trinajstić information content (AvgIpc) is 3.09. The summed E-state index contributed by atoms with van der Waals surface area (Å²) >= 11 is 0. The second-order valence-electron chi connectivity index (χ2n) is 6.66. The van der Waals surface area contributed by atoms with E-state index in [1.54, 1.807) is 0 Å². The molecule has 0 spiro atoms. The number of hydrogen-bond acceptors (Lipinski definition) is 3.